The van der Waals surface area contributed by atoms with E-state index in [0.717, 1.165) is 63.7 Å². The molecule has 1 saturated carbocycles. The zero-order chi connectivity index (χ0) is 19.3. The van der Waals surface area contributed by atoms with Crippen LogP contribution >= 0.6 is 0 Å². The number of imidazole rings is 1. The standard InChI is InChI=1S/C19H33N3O4S/c1-26-12-4-9-22-17(14-21-10-7-16(15-23)8-11-21)13-20-19(22)27(24,25)18-5-2-3-6-18/h13,16,18,23H,2-12,14-15H2,1H3. The first-order chi connectivity index (χ1) is 13.1. The molecule has 154 valence electrons. The second-order valence-corrected chi connectivity index (χ2v) is 10.0. The van der Waals surface area contributed by atoms with Gasteiger partial charge in [0.2, 0.25) is 15.0 Å². The van der Waals surface area contributed by atoms with Gasteiger partial charge in [-0.25, -0.2) is 13.4 Å². The summed E-state index contributed by atoms with van der Waals surface area (Å²) in [5.74, 6) is 0.395. The number of sulfone groups is 1. The first-order valence-corrected chi connectivity index (χ1v) is 11.7. The molecule has 1 aromatic rings. The van der Waals surface area contributed by atoms with Crippen molar-refractivity contribution in [1.82, 2.24) is 14.5 Å². The van der Waals surface area contributed by atoms with Crippen molar-refractivity contribution >= 4 is 9.84 Å². The number of hydrogen-bond donors (Lipinski definition) is 1. The number of likely N-dealkylation sites (tertiary alicyclic amines) is 1. The Bertz CT molecular complexity index is 690. The number of nitrogens with zero attached hydrogens (tertiary/aromatic N) is 3. The number of aromatic nitrogens is 2. The molecule has 3 rings (SSSR count). The third-order valence-corrected chi connectivity index (χ3v) is 8.16. The van der Waals surface area contributed by atoms with Crippen LogP contribution in [-0.2, 0) is 27.7 Å². The van der Waals surface area contributed by atoms with Crippen molar-refractivity contribution < 1.29 is 18.3 Å². The molecule has 8 heteroatoms. The minimum atomic E-state index is -3.38. The fourth-order valence-electron chi connectivity index (χ4n) is 4.26. The summed E-state index contributed by atoms with van der Waals surface area (Å²) in [4.78, 5) is 6.71. The van der Waals surface area contributed by atoms with Crippen LogP contribution in [-0.4, -0.2) is 66.6 Å². The van der Waals surface area contributed by atoms with Gasteiger partial charge < -0.3 is 14.4 Å². The van der Waals surface area contributed by atoms with Crippen molar-refractivity contribution in [2.24, 2.45) is 5.92 Å². The summed E-state index contributed by atoms with van der Waals surface area (Å²) in [6, 6.07) is 0. The predicted molar refractivity (Wildman–Crippen MR) is 103 cm³/mol. The zero-order valence-corrected chi connectivity index (χ0v) is 17.2. The Balaban J connectivity index is 1.78. The van der Waals surface area contributed by atoms with Crippen molar-refractivity contribution in [2.45, 2.75) is 68.4 Å². The maximum absolute atomic E-state index is 13.1. The minimum absolute atomic E-state index is 0.241. The van der Waals surface area contributed by atoms with E-state index in [1.54, 1.807) is 13.3 Å². The minimum Gasteiger partial charge on any atom is -0.396 e. The summed E-state index contributed by atoms with van der Waals surface area (Å²) in [5.41, 5.74) is 0.963. The Morgan fingerprint density at radius 2 is 1.93 bits per heavy atom. The number of ether oxygens (including phenoxy) is 1. The second-order valence-electron chi connectivity index (χ2n) is 7.88. The van der Waals surface area contributed by atoms with Crippen molar-refractivity contribution in [3.8, 4) is 0 Å². The van der Waals surface area contributed by atoms with Gasteiger partial charge in [-0.3, -0.25) is 4.90 Å². The molecule has 2 aliphatic rings. The summed E-state index contributed by atoms with van der Waals surface area (Å²) in [6.07, 6.45) is 7.95. The van der Waals surface area contributed by atoms with E-state index >= 15 is 0 Å². The second kappa shape index (κ2) is 9.49. The van der Waals surface area contributed by atoms with Gasteiger partial charge in [-0.2, -0.15) is 0 Å². The van der Waals surface area contributed by atoms with Crippen LogP contribution in [0.25, 0.3) is 0 Å². The van der Waals surface area contributed by atoms with Crippen molar-refractivity contribution in [2.75, 3.05) is 33.4 Å². The Kier molecular flexibility index (Phi) is 7.30. The van der Waals surface area contributed by atoms with Crippen LogP contribution in [0.4, 0.5) is 0 Å². The third kappa shape index (κ3) is 4.91. The van der Waals surface area contributed by atoms with Crippen molar-refractivity contribution in [1.29, 1.82) is 0 Å². The van der Waals surface area contributed by atoms with Crippen LogP contribution in [0.15, 0.2) is 11.4 Å². The molecule has 2 heterocycles. The highest BCUT2D eigenvalue weighted by atomic mass is 32.2. The lowest BCUT2D eigenvalue weighted by atomic mass is 9.98. The molecule has 27 heavy (non-hydrogen) atoms. The summed E-state index contributed by atoms with van der Waals surface area (Å²) in [6.45, 7) is 4.03. The molecule has 1 saturated heterocycles. The molecule has 0 unspecified atom stereocenters. The first-order valence-electron chi connectivity index (χ1n) is 10.2. The fraction of sp³-hybridized carbons (Fsp3) is 0.842. The molecular weight excluding hydrogens is 366 g/mol. The van der Waals surface area contributed by atoms with Crippen LogP contribution in [0, 0.1) is 5.92 Å². The largest absolute Gasteiger partial charge is 0.396 e. The molecule has 1 N–H and O–H groups in total. The smallest absolute Gasteiger partial charge is 0.228 e. The van der Waals surface area contributed by atoms with Gasteiger partial charge in [0.15, 0.2) is 0 Å². The lowest BCUT2D eigenvalue weighted by Gasteiger charge is -2.31. The summed E-state index contributed by atoms with van der Waals surface area (Å²) in [5, 5.41) is 9.28. The van der Waals surface area contributed by atoms with E-state index in [9.17, 15) is 13.5 Å². The van der Waals surface area contributed by atoms with Gasteiger partial charge >= 0.3 is 0 Å². The zero-order valence-electron chi connectivity index (χ0n) is 16.3. The van der Waals surface area contributed by atoms with Crippen molar-refractivity contribution in [3.05, 3.63) is 11.9 Å². The molecule has 0 radical (unpaired) electrons. The third-order valence-electron chi connectivity index (χ3n) is 5.98. The Morgan fingerprint density at radius 3 is 2.56 bits per heavy atom. The van der Waals surface area contributed by atoms with Gasteiger partial charge in [-0.05, 0) is 51.1 Å². The highest BCUT2D eigenvalue weighted by Crippen LogP contribution is 2.30. The van der Waals surface area contributed by atoms with Crippen LogP contribution in [0.3, 0.4) is 0 Å². The van der Waals surface area contributed by atoms with Gasteiger partial charge in [-0.15, -0.1) is 0 Å². The number of rotatable bonds is 9. The first kappa shape index (κ1) is 20.8. The van der Waals surface area contributed by atoms with Crippen LogP contribution in [0.2, 0.25) is 0 Å². The molecule has 0 amide bonds. The Hall–Kier alpha value is -0.960. The van der Waals surface area contributed by atoms with E-state index in [-0.39, 0.29) is 17.0 Å². The van der Waals surface area contributed by atoms with E-state index < -0.39 is 9.84 Å². The summed E-state index contributed by atoms with van der Waals surface area (Å²) < 4.78 is 33.3. The fourth-order valence-corrected chi connectivity index (χ4v) is 6.22. The van der Waals surface area contributed by atoms with Crippen molar-refractivity contribution in [3.63, 3.8) is 0 Å². The monoisotopic (exact) mass is 399 g/mol. The van der Waals surface area contributed by atoms with Gasteiger partial charge in [-0.1, -0.05) is 12.8 Å². The number of hydrogen-bond acceptors (Lipinski definition) is 6. The maximum Gasteiger partial charge on any atom is 0.228 e. The lowest BCUT2D eigenvalue weighted by molar-refractivity contribution is 0.125. The molecule has 7 nitrogen and oxygen atoms in total. The molecule has 1 aliphatic carbocycles. The SMILES string of the molecule is COCCCn1c(CN2CCC(CO)CC2)cnc1S(=O)(=O)C1CCCC1. The van der Waals surface area contributed by atoms with E-state index in [2.05, 4.69) is 9.88 Å². The van der Waals surface area contributed by atoms with E-state index in [1.165, 1.54) is 0 Å². The molecule has 0 spiro atoms. The average Bonchev–Trinajstić information content (AvgIpc) is 3.34. The van der Waals surface area contributed by atoms with E-state index in [0.29, 0.717) is 25.6 Å². The number of aliphatic hydroxyl groups excluding tert-OH is 1. The summed E-state index contributed by atoms with van der Waals surface area (Å²) in [7, 11) is -1.72. The van der Waals surface area contributed by atoms with E-state index in [4.69, 9.17) is 4.74 Å². The molecular formula is C19H33N3O4S. The highest BCUT2D eigenvalue weighted by molar-refractivity contribution is 7.91. The molecule has 0 aromatic carbocycles. The lowest BCUT2D eigenvalue weighted by Crippen LogP contribution is -2.35. The van der Waals surface area contributed by atoms with Gasteiger partial charge in [0.05, 0.1) is 17.1 Å². The van der Waals surface area contributed by atoms with Crippen LogP contribution in [0.5, 0.6) is 0 Å². The maximum atomic E-state index is 13.1. The van der Waals surface area contributed by atoms with Gasteiger partial charge in [0.25, 0.3) is 0 Å². The van der Waals surface area contributed by atoms with Crippen LogP contribution in [0.1, 0.15) is 50.6 Å². The molecule has 2 fully saturated rings. The quantitative estimate of drug-likeness (QED) is 0.638. The molecule has 1 aromatic heterocycles. The van der Waals surface area contributed by atoms with Gasteiger partial charge in [0.1, 0.15) is 0 Å². The number of aliphatic hydroxyl groups is 1. The molecule has 0 atom stereocenters. The average molecular weight is 400 g/mol. The molecule has 1 aliphatic heterocycles. The molecule has 0 bridgehead atoms. The van der Waals surface area contributed by atoms with Crippen LogP contribution < -0.4 is 0 Å². The Labute approximate surface area is 162 Å². The van der Waals surface area contributed by atoms with Gasteiger partial charge in [0, 0.05) is 33.4 Å². The highest BCUT2D eigenvalue weighted by Gasteiger charge is 2.34. The Morgan fingerprint density at radius 1 is 1.22 bits per heavy atom. The number of piperidine rings is 1. The number of methoxy groups -OCH3 is 1. The topological polar surface area (TPSA) is 84.7 Å². The normalized spacial score (nSPS) is 20.5. The summed E-state index contributed by atoms with van der Waals surface area (Å²) >= 11 is 0. The van der Waals surface area contributed by atoms with E-state index in [1.807, 2.05) is 4.57 Å². The predicted octanol–water partition coefficient (Wildman–Crippen LogP) is 1.84.